The molecule has 6 heteroatoms. The van der Waals surface area contributed by atoms with Crippen molar-refractivity contribution in [1.82, 2.24) is 0 Å². The first-order valence-electron chi connectivity index (χ1n) is 11.3. The van der Waals surface area contributed by atoms with E-state index in [2.05, 4.69) is 0 Å². The highest BCUT2D eigenvalue weighted by Crippen LogP contribution is 2.47. The van der Waals surface area contributed by atoms with E-state index in [4.69, 9.17) is 28.4 Å². The van der Waals surface area contributed by atoms with Crippen LogP contribution >= 0.6 is 0 Å². The smallest absolute Gasteiger partial charge is 0.314 e. The van der Waals surface area contributed by atoms with Crippen molar-refractivity contribution in [3.63, 3.8) is 0 Å². The van der Waals surface area contributed by atoms with Gasteiger partial charge in [0.15, 0.2) is 6.29 Å². The summed E-state index contributed by atoms with van der Waals surface area (Å²) in [4.78, 5) is 0. The second kappa shape index (κ2) is 8.99. The molecule has 0 aliphatic carbocycles. The van der Waals surface area contributed by atoms with Gasteiger partial charge in [-0.1, -0.05) is 91.0 Å². The van der Waals surface area contributed by atoms with Gasteiger partial charge < -0.3 is 23.7 Å². The summed E-state index contributed by atoms with van der Waals surface area (Å²) in [6, 6.07) is 29.9. The molecular formula is C27H26O6. The van der Waals surface area contributed by atoms with Crippen LogP contribution in [0.1, 0.15) is 16.7 Å². The van der Waals surface area contributed by atoms with Gasteiger partial charge in [-0.05, 0) is 11.1 Å². The van der Waals surface area contributed by atoms with Crippen molar-refractivity contribution in [3.05, 3.63) is 108 Å². The first-order chi connectivity index (χ1) is 16.3. The lowest BCUT2D eigenvalue weighted by molar-refractivity contribution is -0.361. The predicted molar refractivity (Wildman–Crippen MR) is 119 cm³/mol. The first-order valence-corrected chi connectivity index (χ1v) is 11.3. The van der Waals surface area contributed by atoms with Gasteiger partial charge in [0.1, 0.15) is 24.4 Å². The first kappa shape index (κ1) is 21.0. The highest BCUT2D eigenvalue weighted by Gasteiger charge is 2.62. The maximum Gasteiger partial charge on any atom is 0.314 e. The molecule has 6 rings (SSSR count). The minimum Gasteiger partial charge on any atom is -0.368 e. The molecule has 33 heavy (non-hydrogen) atoms. The molecule has 3 aliphatic heterocycles. The lowest BCUT2D eigenvalue weighted by atomic mass is 9.98. The van der Waals surface area contributed by atoms with Crippen molar-refractivity contribution < 1.29 is 28.4 Å². The van der Waals surface area contributed by atoms with Crippen LogP contribution in [-0.4, -0.2) is 37.3 Å². The molecule has 3 aliphatic rings. The standard InChI is InChI=1S/C27H26O6/c1-4-10-19(11-5-1)16-28-23-22-18-30-27(21-14-8-3-9-15-21)32-25(26(31-22)33-27)24(23)29-17-20-12-6-2-7-13-20/h1-15,22-26H,16-18H2/t22-,23-,24+,25+,26+,27+/m0/s1. The summed E-state index contributed by atoms with van der Waals surface area (Å²) >= 11 is 0. The highest BCUT2D eigenvalue weighted by atomic mass is 17.0. The van der Waals surface area contributed by atoms with Gasteiger partial charge in [-0.3, -0.25) is 4.74 Å². The molecule has 6 nitrogen and oxygen atoms in total. The SMILES string of the molecule is c1ccc(CO[C@@H]2[C@@H](OCc3ccccc3)[C@@H]3CO[C@@]4(c5ccccc5)O[C@@H](O3)[C@@H]2O4)cc1. The van der Waals surface area contributed by atoms with Crippen LogP contribution in [0.5, 0.6) is 0 Å². The van der Waals surface area contributed by atoms with Crippen LogP contribution in [0.15, 0.2) is 91.0 Å². The van der Waals surface area contributed by atoms with E-state index < -0.39 is 18.4 Å². The Kier molecular flexibility index (Phi) is 5.72. The molecule has 0 amide bonds. The molecule has 170 valence electrons. The van der Waals surface area contributed by atoms with Crippen LogP contribution < -0.4 is 0 Å². The second-order valence-electron chi connectivity index (χ2n) is 8.50. The maximum atomic E-state index is 6.45. The third-order valence-corrected chi connectivity index (χ3v) is 6.29. The zero-order valence-corrected chi connectivity index (χ0v) is 18.1. The van der Waals surface area contributed by atoms with E-state index in [1.165, 1.54) is 0 Å². The Bertz CT molecular complexity index is 1040. The lowest BCUT2D eigenvalue weighted by Crippen LogP contribution is -2.60. The van der Waals surface area contributed by atoms with Crippen LogP contribution in [-0.2, 0) is 47.6 Å². The monoisotopic (exact) mass is 446 g/mol. The van der Waals surface area contributed by atoms with Gasteiger partial charge in [-0.25, -0.2) is 0 Å². The van der Waals surface area contributed by atoms with Gasteiger partial charge in [0, 0.05) is 5.56 Å². The number of hydrogen-bond acceptors (Lipinski definition) is 6. The average Bonchev–Trinajstić information content (AvgIpc) is 3.16. The van der Waals surface area contributed by atoms with Crippen LogP contribution in [0, 0.1) is 0 Å². The topological polar surface area (TPSA) is 55.4 Å². The van der Waals surface area contributed by atoms with Gasteiger partial charge >= 0.3 is 5.97 Å². The van der Waals surface area contributed by atoms with E-state index in [1.54, 1.807) is 0 Å². The summed E-state index contributed by atoms with van der Waals surface area (Å²) < 4.78 is 37.9. The molecule has 3 aromatic carbocycles. The maximum absolute atomic E-state index is 6.45. The van der Waals surface area contributed by atoms with Crippen molar-refractivity contribution >= 4 is 0 Å². The Labute approximate surface area is 192 Å². The minimum absolute atomic E-state index is 0.267. The Morgan fingerprint density at radius 2 is 1.27 bits per heavy atom. The number of benzene rings is 3. The second-order valence-corrected chi connectivity index (χ2v) is 8.50. The van der Waals surface area contributed by atoms with E-state index in [1.807, 2.05) is 91.0 Å². The molecule has 0 saturated carbocycles. The summed E-state index contributed by atoms with van der Waals surface area (Å²) in [5.41, 5.74) is 2.97. The van der Waals surface area contributed by atoms with Crippen molar-refractivity contribution in [3.8, 4) is 0 Å². The molecule has 3 fully saturated rings. The van der Waals surface area contributed by atoms with E-state index in [0.29, 0.717) is 13.2 Å². The van der Waals surface area contributed by atoms with Crippen LogP contribution in [0.3, 0.4) is 0 Å². The number of rotatable bonds is 7. The van der Waals surface area contributed by atoms with E-state index in [-0.39, 0.29) is 24.9 Å². The molecule has 0 spiro atoms. The molecule has 0 unspecified atom stereocenters. The van der Waals surface area contributed by atoms with Crippen molar-refractivity contribution in [2.45, 2.75) is 49.9 Å². The zero-order valence-electron chi connectivity index (χ0n) is 18.1. The molecule has 0 N–H and O–H groups in total. The Hall–Kier alpha value is -2.58. The fourth-order valence-corrected chi connectivity index (χ4v) is 4.64. The molecule has 3 bridgehead atoms. The summed E-state index contributed by atoms with van der Waals surface area (Å²) in [7, 11) is 0. The molecule has 0 aromatic heterocycles. The fraction of sp³-hybridized carbons (Fsp3) is 0.333. The molecule has 3 aromatic rings. The number of hydrogen-bond donors (Lipinski definition) is 0. The predicted octanol–water partition coefficient (Wildman–Crippen LogP) is 4.14. The van der Waals surface area contributed by atoms with Crippen molar-refractivity contribution in [1.29, 1.82) is 0 Å². The third-order valence-electron chi connectivity index (χ3n) is 6.29. The van der Waals surface area contributed by atoms with Crippen molar-refractivity contribution in [2.24, 2.45) is 0 Å². The Morgan fingerprint density at radius 1 is 0.697 bits per heavy atom. The Balaban J connectivity index is 1.28. The van der Waals surface area contributed by atoms with E-state index >= 15 is 0 Å². The van der Waals surface area contributed by atoms with Crippen LogP contribution in [0.25, 0.3) is 0 Å². The molecular weight excluding hydrogens is 420 g/mol. The highest BCUT2D eigenvalue weighted by molar-refractivity contribution is 5.21. The molecule has 3 heterocycles. The average molecular weight is 446 g/mol. The fourth-order valence-electron chi connectivity index (χ4n) is 4.64. The summed E-state index contributed by atoms with van der Waals surface area (Å²) in [6.07, 6.45) is -2.19. The lowest BCUT2D eigenvalue weighted by Gasteiger charge is -2.43. The van der Waals surface area contributed by atoms with E-state index in [0.717, 1.165) is 16.7 Å². The quantitative estimate of drug-likeness (QED) is 0.544. The van der Waals surface area contributed by atoms with Crippen molar-refractivity contribution in [2.75, 3.05) is 6.61 Å². The van der Waals surface area contributed by atoms with Gasteiger partial charge in [0.05, 0.1) is 19.8 Å². The largest absolute Gasteiger partial charge is 0.368 e. The van der Waals surface area contributed by atoms with Crippen LogP contribution in [0.2, 0.25) is 0 Å². The zero-order chi connectivity index (χ0) is 22.1. The van der Waals surface area contributed by atoms with Gasteiger partial charge in [-0.15, -0.1) is 0 Å². The van der Waals surface area contributed by atoms with Crippen LogP contribution in [0.4, 0.5) is 0 Å². The third kappa shape index (κ3) is 4.10. The van der Waals surface area contributed by atoms with Gasteiger partial charge in [-0.2, -0.15) is 0 Å². The molecule has 6 atom stereocenters. The normalized spacial score (nSPS) is 32.5. The van der Waals surface area contributed by atoms with Gasteiger partial charge in [0.25, 0.3) is 0 Å². The van der Waals surface area contributed by atoms with Gasteiger partial charge in [0.2, 0.25) is 0 Å². The summed E-state index contributed by atoms with van der Waals surface area (Å²) in [6.45, 7) is 1.15. The molecule has 0 radical (unpaired) electrons. The summed E-state index contributed by atoms with van der Waals surface area (Å²) in [5.74, 6) is -1.30. The Morgan fingerprint density at radius 3 is 1.91 bits per heavy atom. The molecule has 3 saturated heterocycles. The van der Waals surface area contributed by atoms with E-state index in [9.17, 15) is 0 Å². The number of ether oxygens (including phenoxy) is 6. The summed E-state index contributed by atoms with van der Waals surface area (Å²) in [5, 5.41) is 0. The minimum atomic E-state index is -1.30. The number of fused-ring (bicyclic) bond motifs is 2.